The van der Waals surface area contributed by atoms with Gasteiger partial charge in [0, 0.05) is 26.3 Å². The smallest absolute Gasteiger partial charge is 0.225 e. The van der Waals surface area contributed by atoms with E-state index in [1.54, 1.807) is 24.3 Å². The Balaban J connectivity index is 1.81. The average Bonchev–Trinajstić information content (AvgIpc) is 2.97. The van der Waals surface area contributed by atoms with E-state index in [0.29, 0.717) is 23.4 Å². The molecule has 0 aliphatic rings. The SMILES string of the molecule is CN(C)c1nnc(SCCC(=O)Nc2ccccc2C#N)s1. The first-order valence-electron chi connectivity index (χ1n) is 6.52. The van der Waals surface area contributed by atoms with Gasteiger partial charge in [-0.25, -0.2) is 0 Å². The van der Waals surface area contributed by atoms with Gasteiger partial charge >= 0.3 is 0 Å². The van der Waals surface area contributed by atoms with Crippen molar-refractivity contribution in [2.45, 2.75) is 10.8 Å². The van der Waals surface area contributed by atoms with Gasteiger partial charge in [-0.05, 0) is 12.1 Å². The highest BCUT2D eigenvalue weighted by molar-refractivity contribution is 8.01. The third kappa shape index (κ3) is 4.44. The van der Waals surface area contributed by atoms with Crippen LogP contribution in [0.4, 0.5) is 10.8 Å². The summed E-state index contributed by atoms with van der Waals surface area (Å²) in [5.41, 5.74) is 1.01. The minimum Gasteiger partial charge on any atom is -0.353 e. The summed E-state index contributed by atoms with van der Waals surface area (Å²) >= 11 is 2.99. The minimum absolute atomic E-state index is 0.118. The van der Waals surface area contributed by atoms with Crippen molar-refractivity contribution in [3.63, 3.8) is 0 Å². The fourth-order valence-electron chi connectivity index (χ4n) is 1.57. The number of aromatic nitrogens is 2. The third-order valence-corrected chi connectivity index (χ3v) is 4.88. The van der Waals surface area contributed by atoms with Crippen LogP contribution in [0.3, 0.4) is 0 Å². The van der Waals surface area contributed by atoms with Gasteiger partial charge in [0.2, 0.25) is 11.0 Å². The molecule has 2 rings (SSSR count). The molecule has 0 unspecified atom stereocenters. The van der Waals surface area contributed by atoms with Crippen LogP contribution in [0.5, 0.6) is 0 Å². The van der Waals surface area contributed by atoms with Crippen LogP contribution < -0.4 is 10.2 Å². The predicted molar refractivity (Wildman–Crippen MR) is 89.4 cm³/mol. The molecule has 22 heavy (non-hydrogen) atoms. The first-order valence-corrected chi connectivity index (χ1v) is 8.33. The molecule has 114 valence electrons. The zero-order valence-electron chi connectivity index (χ0n) is 12.2. The Morgan fingerprint density at radius 1 is 1.41 bits per heavy atom. The van der Waals surface area contributed by atoms with Crippen molar-refractivity contribution in [3.8, 4) is 6.07 Å². The maximum atomic E-state index is 11.9. The van der Waals surface area contributed by atoms with E-state index in [9.17, 15) is 4.79 Å². The van der Waals surface area contributed by atoms with Crippen LogP contribution in [0.2, 0.25) is 0 Å². The molecule has 0 saturated heterocycles. The van der Waals surface area contributed by atoms with Crippen molar-refractivity contribution in [1.82, 2.24) is 10.2 Å². The third-order valence-electron chi connectivity index (χ3n) is 2.65. The van der Waals surface area contributed by atoms with Crippen LogP contribution in [-0.4, -0.2) is 36.0 Å². The fourth-order valence-corrected chi connectivity index (χ4v) is 3.35. The molecule has 0 aliphatic carbocycles. The Kier molecular flexibility index (Phi) is 5.75. The lowest BCUT2D eigenvalue weighted by Gasteiger charge is -2.06. The number of benzene rings is 1. The Hall–Kier alpha value is -2.11. The Bertz CT molecular complexity index is 693. The zero-order chi connectivity index (χ0) is 15.9. The summed E-state index contributed by atoms with van der Waals surface area (Å²) in [5, 5.41) is 20.7. The molecule has 1 aromatic heterocycles. The summed E-state index contributed by atoms with van der Waals surface area (Å²) in [7, 11) is 3.82. The van der Waals surface area contributed by atoms with Crippen LogP contribution >= 0.6 is 23.1 Å². The molecule has 0 saturated carbocycles. The number of rotatable bonds is 6. The number of amides is 1. The van der Waals surface area contributed by atoms with Crippen LogP contribution in [-0.2, 0) is 4.79 Å². The standard InChI is InChI=1S/C14H15N5OS2/c1-19(2)13-17-18-14(22-13)21-8-7-12(20)16-11-6-4-3-5-10(11)9-15/h3-6H,7-8H2,1-2H3,(H,16,20). The van der Waals surface area contributed by atoms with Crippen molar-refractivity contribution in [2.75, 3.05) is 30.1 Å². The quantitative estimate of drug-likeness (QED) is 0.818. The molecule has 0 atom stereocenters. The monoisotopic (exact) mass is 333 g/mol. The molecule has 6 nitrogen and oxygen atoms in total. The molecule has 0 fully saturated rings. The fraction of sp³-hybridized carbons (Fsp3) is 0.286. The van der Waals surface area contributed by atoms with Gasteiger partial charge in [0.15, 0.2) is 4.34 Å². The number of anilines is 2. The summed E-state index contributed by atoms with van der Waals surface area (Å²) in [5.74, 6) is 0.496. The van der Waals surface area contributed by atoms with Gasteiger partial charge in [0.25, 0.3) is 0 Å². The number of carbonyl (C=O) groups excluding carboxylic acids is 1. The van der Waals surface area contributed by atoms with E-state index in [2.05, 4.69) is 21.6 Å². The minimum atomic E-state index is -0.118. The van der Waals surface area contributed by atoms with Gasteiger partial charge in [0.1, 0.15) is 6.07 Å². The molecule has 8 heteroatoms. The molecule has 0 aliphatic heterocycles. The lowest BCUT2D eigenvalue weighted by atomic mass is 10.2. The average molecular weight is 333 g/mol. The van der Waals surface area contributed by atoms with Gasteiger partial charge in [-0.2, -0.15) is 5.26 Å². The maximum Gasteiger partial charge on any atom is 0.225 e. The molecular weight excluding hydrogens is 318 g/mol. The first-order chi connectivity index (χ1) is 10.6. The topological polar surface area (TPSA) is 81.9 Å². The Morgan fingerprint density at radius 3 is 2.86 bits per heavy atom. The van der Waals surface area contributed by atoms with E-state index < -0.39 is 0 Å². The maximum absolute atomic E-state index is 11.9. The molecule has 0 radical (unpaired) electrons. The predicted octanol–water partition coefficient (Wildman–Crippen LogP) is 2.60. The number of thioether (sulfide) groups is 1. The number of hydrogen-bond donors (Lipinski definition) is 1. The molecule has 0 spiro atoms. The van der Waals surface area contributed by atoms with Crippen molar-refractivity contribution < 1.29 is 4.79 Å². The van der Waals surface area contributed by atoms with Gasteiger partial charge in [-0.1, -0.05) is 35.2 Å². The van der Waals surface area contributed by atoms with E-state index in [1.165, 1.54) is 23.1 Å². The second kappa shape index (κ2) is 7.77. The molecule has 2 aromatic rings. The van der Waals surface area contributed by atoms with Crippen molar-refractivity contribution in [2.24, 2.45) is 0 Å². The summed E-state index contributed by atoms with van der Waals surface area (Å²) in [6.45, 7) is 0. The largest absolute Gasteiger partial charge is 0.353 e. The highest BCUT2D eigenvalue weighted by Gasteiger charge is 2.09. The van der Waals surface area contributed by atoms with Crippen molar-refractivity contribution >= 4 is 39.8 Å². The Morgan fingerprint density at radius 2 is 2.18 bits per heavy atom. The lowest BCUT2D eigenvalue weighted by molar-refractivity contribution is -0.115. The lowest BCUT2D eigenvalue weighted by Crippen LogP contribution is -2.13. The van der Waals surface area contributed by atoms with Crippen LogP contribution in [0.25, 0.3) is 0 Å². The summed E-state index contributed by atoms with van der Waals surface area (Å²) in [4.78, 5) is 13.8. The van der Waals surface area contributed by atoms with E-state index in [1.807, 2.05) is 19.0 Å². The molecule has 1 N–H and O–H groups in total. The van der Waals surface area contributed by atoms with Crippen LogP contribution in [0, 0.1) is 11.3 Å². The number of hydrogen-bond acceptors (Lipinski definition) is 7. The van der Waals surface area contributed by atoms with E-state index in [0.717, 1.165) is 9.47 Å². The number of para-hydroxylation sites is 1. The number of nitrogens with zero attached hydrogens (tertiary/aromatic N) is 4. The summed E-state index contributed by atoms with van der Waals surface area (Å²) in [6.07, 6.45) is 0.349. The normalized spacial score (nSPS) is 10.0. The number of nitriles is 1. The van der Waals surface area contributed by atoms with Crippen LogP contribution in [0.1, 0.15) is 12.0 Å². The first kappa shape index (κ1) is 16.3. The van der Waals surface area contributed by atoms with E-state index >= 15 is 0 Å². The van der Waals surface area contributed by atoms with Crippen LogP contribution in [0.15, 0.2) is 28.6 Å². The second-order valence-corrected chi connectivity index (χ2v) is 6.85. The zero-order valence-corrected chi connectivity index (χ0v) is 13.9. The number of carbonyl (C=O) groups is 1. The molecular formula is C14H15N5OS2. The molecule has 1 aromatic carbocycles. The second-order valence-electron chi connectivity index (χ2n) is 4.55. The summed E-state index contributed by atoms with van der Waals surface area (Å²) in [6, 6.07) is 9.00. The van der Waals surface area contributed by atoms with Gasteiger partial charge in [-0.3, -0.25) is 4.79 Å². The molecule has 1 amide bonds. The number of nitrogens with one attached hydrogen (secondary N) is 1. The van der Waals surface area contributed by atoms with Crippen molar-refractivity contribution in [1.29, 1.82) is 5.26 Å². The van der Waals surface area contributed by atoms with E-state index in [4.69, 9.17) is 5.26 Å². The highest BCUT2D eigenvalue weighted by Crippen LogP contribution is 2.27. The van der Waals surface area contributed by atoms with Gasteiger partial charge in [0.05, 0.1) is 11.3 Å². The van der Waals surface area contributed by atoms with Gasteiger partial charge in [-0.15, -0.1) is 10.2 Å². The van der Waals surface area contributed by atoms with E-state index in [-0.39, 0.29) is 5.91 Å². The summed E-state index contributed by atoms with van der Waals surface area (Å²) < 4.78 is 0.842. The van der Waals surface area contributed by atoms with Gasteiger partial charge < -0.3 is 10.2 Å². The highest BCUT2D eigenvalue weighted by atomic mass is 32.2. The Labute approximate surface area is 137 Å². The van der Waals surface area contributed by atoms with Crippen molar-refractivity contribution in [3.05, 3.63) is 29.8 Å². The molecule has 1 heterocycles. The molecule has 0 bridgehead atoms.